The van der Waals surface area contributed by atoms with Crippen molar-refractivity contribution >= 4 is 40.9 Å². The zero-order chi connectivity index (χ0) is 11.4. The molecule has 0 aliphatic heterocycles. The lowest BCUT2D eigenvalue weighted by molar-refractivity contribution is -0.139. The first-order valence-electron chi connectivity index (χ1n) is 4.24. The Hall–Kier alpha value is -0.380. The van der Waals surface area contributed by atoms with E-state index in [4.69, 9.17) is 23.2 Å². The summed E-state index contributed by atoms with van der Waals surface area (Å²) in [6.45, 7) is 1.76. The number of methoxy groups -OCH3 is 1. The molecule has 0 aliphatic carbocycles. The largest absolute Gasteiger partial charge is 0.468 e. The summed E-state index contributed by atoms with van der Waals surface area (Å²) >= 11 is 13.1. The van der Waals surface area contributed by atoms with E-state index in [0.29, 0.717) is 10.0 Å². The summed E-state index contributed by atoms with van der Waals surface area (Å²) in [6, 6.07) is 5.14. The smallest absolute Gasteiger partial charge is 0.318 e. The molecule has 0 heterocycles. The van der Waals surface area contributed by atoms with Crippen molar-refractivity contribution in [3.8, 4) is 0 Å². The summed E-state index contributed by atoms with van der Waals surface area (Å²) < 4.78 is 4.62. The van der Waals surface area contributed by atoms with E-state index in [0.717, 1.165) is 4.90 Å². The molecule has 0 N–H and O–H groups in total. The molecule has 0 saturated carbocycles. The van der Waals surface area contributed by atoms with Crippen LogP contribution in [0.3, 0.4) is 0 Å². The normalized spacial score (nSPS) is 12.3. The van der Waals surface area contributed by atoms with Gasteiger partial charge in [-0.1, -0.05) is 23.2 Å². The summed E-state index contributed by atoms with van der Waals surface area (Å²) in [5, 5.41) is 0.880. The van der Waals surface area contributed by atoms with Crippen LogP contribution in [0.15, 0.2) is 23.1 Å². The first-order valence-corrected chi connectivity index (χ1v) is 5.87. The fraction of sp³-hybridized carbons (Fsp3) is 0.300. The molecule has 1 rings (SSSR count). The van der Waals surface area contributed by atoms with Crippen molar-refractivity contribution in [1.29, 1.82) is 0 Å². The van der Waals surface area contributed by atoms with E-state index >= 15 is 0 Å². The predicted octanol–water partition coefficient (Wildman–Crippen LogP) is 3.65. The first kappa shape index (κ1) is 12.7. The Morgan fingerprint density at radius 3 is 2.73 bits per heavy atom. The van der Waals surface area contributed by atoms with Crippen LogP contribution in [0.2, 0.25) is 10.0 Å². The Morgan fingerprint density at radius 1 is 1.47 bits per heavy atom. The molecule has 1 unspecified atom stereocenters. The van der Waals surface area contributed by atoms with Gasteiger partial charge in [-0.15, -0.1) is 11.8 Å². The van der Waals surface area contributed by atoms with Gasteiger partial charge in [-0.2, -0.15) is 0 Å². The molecular formula is C10H10Cl2O2S. The molecule has 1 aromatic rings. The van der Waals surface area contributed by atoms with Crippen LogP contribution >= 0.6 is 35.0 Å². The molecule has 0 aromatic heterocycles. The zero-order valence-corrected chi connectivity index (χ0v) is 10.6. The molecule has 1 aromatic carbocycles. The lowest BCUT2D eigenvalue weighted by atomic mass is 10.4. The second-order valence-electron chi connectivity index (χ2n) is 2.86. The maximum atomic E-state index is 11.2. The number of carbonyl (C=O) groups is 1. The highest BCUT2D eigenvalue weighted by atomic mass is 35.5. The fourth-order valence-corrected chi connectivity index (χ4v) is 2.41. The number of thioether (sulfide) groups is 1. The molecule has 5 heteroatoms. The summed E-state index contributed by atoms with van der Waals surface area (Å²) in [7, 11) is 1.36. The summed E-state index contributed by atoms with van der Waals surface area (Å²) in [4.78, 5) is 12.0. The molecule has 0 saturated heterocycles. The van der Waals surface area contributed by atoms with Gasteiger partial charge in [0, 0.05) is 9.92 Å². The van der Waals surface area contributed by atoms with E-state index in [-0.39, 0.29) is 11.2 Å². The number of halogens is 2. The van der Waals surface area contributed by atoms with E-state index in [1.165, 1.54) is 18.9 Å². The minimum atomic E-state index is -0.300. The van der Waals surface area contributed by atoms with E-state index < -0.39 is 0 Å². The van der Waals surface area contributed by atoms with Crippen molar-refractivity contribution in [3.05, 3.63) is 28.2 Å². The highest BCUT2D eigenvalue weighted by Crippen LogP contribution is 2.32. The van der Waals surface area contributed by atoms with Crippen molar-refractivity contribution in [1.82, 2.24) is 0 Å². The molecule has 82 valence electrons. The first-order chi connectivity index (χ1) is 7.04. The van der Waals surface area contributed by atoms with Gasteiger partial charge in [0.2, 0.25) is 0 Å². The van der Waals surface area contributed by atoms with E-state index in [2.05, 4.69) is 4.74 Å². The van der Waals surface area contributed by atoms with Crippen molar-refractivity contribution in [2.75, 3.05) is 7.11 Å². The molecule has 1 atom stereocenters. The van der Waals surface area contributed by atoms with Gasteiger partial charge in [-0.3, -0.25) is 4.79 Å². The number of hydrogen-bond acceptors (Lipinski definition) is 3. The predicted molar refractivity (Wildman–Crippen MR) is 63.8 cm³/mol. The van der Waals surface area contributed by atoms with Gasteiger partial charge >= 0.3 is 5.97 Å². The topological polar surface area (TPSA) is 26.3 Å². The molecule has 0 spiro atoms. The fourth-order valence-electron chi connectivity index (χ4n) is 0.972. The lowest BCUT2D eigenvalue weighted by Crippen LogP contribution is -2.14. The van der Waals surface area contributed by atoms with Crippen molar-refractivity contribution in [2.45, 2.75) is 17.1 Å². The summed E-state index contributed by atoms with van der Waals surface area (Å²) in [5.41, 5.74) is 0. The second kappa shape index (κ2) is 5.64. The van der Waals surface area contributed by atoms with Crippen LogP contribution < -0.4 is 0 Å². The maximum absolute atomic E-state index is 11.2. The zero-order valence-electron chi connectivity index (χ0n) is 8.29. The number of esters is 1. The van der Waals surface area contributed by atoms with Gasteiger partial charge in [0.25, 0.3) is 0 Å². The van der Waals surface area contributed by atoms with Crippen molar-refractivity contribution in [2.24, 2.45) is 0 Å². The van der Waals surface area contributed by atoms with Crippen molar-refractivity contribution < 1.29 is 9.53 Å². The van der Waals surface area contributed by atoms with Gasteiger partial charge in [0.15, 0.2) is 0 Å². The van der Waals surface area contributed by atoms with Crippen molar-refractivity contribution in [3.63, 3.8) is 0 Å². The second-order valence-corrected chi connectivity index (χ2v) is 5.08. The number of rotatable bonds is 3. The number of benzene rings is 1. The van der Waals surface area contributed by atoms with Crippen LogP contribution in [0.4, 0.5) is 0 Å². The third kappa shape index (κ3) is 3.59. The van der Waals surface area contributed by atoms with Crippen LogP contribution in [0.25, 0.3) is 0 Å². The van der Waals surface area contributed by atoms with Crippen LogP contribution in [-0.4, -0.2) is 18.3 Å². The molecule has 2 nitrogen and oxygen atoms in total. The minimum Gasteiger partial charge on any atom is -0.468 e. The van der Waals surface area contributed by atoms with Gasteiger partial charge in [0.05, 0.1) is 12.1 Å². The van der Waals surface area contributed by atoms with E-state index in [1.54, 1.807) is 25.1 Å². The number of ether oxygens (including phenoxy) is 1. The molecule has 0 radical (unpaired) electrons. The molecular weight excluding hydrogens is 255 g/mol. The SMILES string of the molecule is COC(=O)C(C)Sc1cc(Cl)ccc1Cl. The number of carbonyl (C=O) groups excluding carboxylic acids is 1. The highest BCUT2D eigenvalue weighted by Gasteiger charge is 2.16. The Labute approximate surface area is 103 Å². The molecule has 0 aliphatic rings. The standard InChI is InChI=1S/C10H10Cl2O2S/c1-6(10(13)14-2)15-9-5-7(11)3-4-8(9)12/h3-6H,1-2H3. The van der Waals surface area contributed by atoms with Crippen LogP contribution in [0.1, 0.15) is 6.92 Å². The number of hydrogen-bond donors (Lipinski definition) is 0. The monoisotopic (exact) mass is 264 g/mol. The van der Waals surface area contributed by atoms with Gasteiger partial charge in [0.1, 0.15) is 5.25 Å². The quantitative estimate of drug-likeness (QED) is 0.616. The Balaban J connectivity index is 2.80. The van der Waals surface area contributed by atoms with Gasteiger partial charge in [-0.25, -0.2) is 0 Å². The molecule has 0 amide bonds. The van der Waals surface area contributed by atoms with E-state index in [1.807, 2.05) is 0 Å². The van der Waals surface area contributed by atoms with Crippen LogP contribution in [0, 0.1) is 0 Å². The third-order valence-corrected chi connectivity index (χ3v) is 3.54. The Kier molecular flexibility index (Phi) is 4.77. The minimum absolute atomic E-state index is 0.281. The lowest BCUT2D eigenvalue weighted by Gasteiger charge is -2.10. The maximum Gasteiger partial charge on any atom is 0.318 e. The Bertz CT molecular complexity index is 368. The van der Waals surface area contributed by atoms with E-state index in [9.17, 15) is 4.79 Å². The molecule has 15 heavy (non-hydrogen) atoms. The van der Waals surface area contributed by atoms with Crippen LogP contribution in [0.5, 0.6) is 0 Å². The third-order valence-electron chi connectivity index (χ3n) is 1.73. The average Bonchev–Trinajstić information content (AvgIpc) is 2.22. The summed E-state index contributed by atoms with van der Waals surface area (Å²) in [5.74, 6) is -0.281. The average molecular weight is 265 g/mol. The Morgan fingerprint density at radius 2 is 2.13 bits per heavy atom. The van der Waals surface area contributed by atoms with Gasteiger partial charge in [-0.05, 0) is 25.1 Å². The van der Waals surface area contributed by atoms with Crippen LogP contribution in [-0.2, 0) is 9.53 Å². The molecule has 0 fully saturated rings. The van der Waals surface area contributed by atoms with Gasteiger partial charge < -0.3 is 4.74 Å². The highest BCUT2D eigenvalue weighted by molar-refractivity contribution is 8.00. The summed E-state index contributed by atoms with van der Waals surface area (Å²) in [6.07, 6.45) is 0. The molecule has 0 bridgehead atoms.